The molecule has 0 aliphatic carbocycles. The fourth-order valence-corrected chi connectivity index (χ4v) is 2.72. The minimum atomic E-state index is -0.132. The summed E-state index contributed by atoms with van der Waals surface area (Å²) in [6.07, 6.45) is 1.64. The molecule has 6 heteroatoms. The van der Waals surface area contributed by atoms with Crippen LogP contribution in [0.5, 0.6) is 0 Å². The number of hydrogen-bond donors (Lipinski definition) is 3. The largest absolute Gasteiger partial charge is 0.396 e. The van der Waals surface area contributed by atoms with Crippen molar-refractivity contribution in [1.82, 2.24) is 10.6 Å². The zero-order valence-corrected chi connectivity index (χ0v) is 13.6. The van der Waals surface area contributed by atoms with Gasteiger partial charge in [-0.3, -0.25) is 0 Å². The van der Waals surface area contributed by atoms with Crippen LogP contribution in [0.25, 0.3) is 0 Å². The van der Waals surface area contributed by atoms with Crippen molar-refractivity contribution in [3.8, 4) is 0 Å². The second kappa shape index (κ2) is 8.25. The van der Waals surface area contributed by atoms with Gasteiger partial charge in [-0.05, 0) is 43.0 Å². The van der Waals surface area contributed by atoms with Crippen molar-refractivity contribution in [3.05, 3.63) is 29.3 Å². The van der Waals surface area contributed by atoms with E-state index in [4.69, 9.17) is 16.7 Å². The van der Waals surface area contributed by atoms with E-state index in [0.717, 1.165) is 30.2 Å². The molecule has 1 heterocycles. The summed E-state index contributed by atoms with van der Waals surface area (Å²) in [5.41, 5.74) is 1.13. The zero-order valence-electron chi connectivity index (χ0n) is 12.9. The average Bonchev–Trinajstić information content (AvgIpc) is 2.95. The second-order valence-electron chi connectivity index (χ2n) is 5.88. The lowest BCUT2D eigenvalue weighted by Gasteiger charge is -2.19. The summed E-state index contributed by atoms with van der Waals surface area (Å²) in [7, 11) is 0. The molecule has 2 unspecified atom stereocenters. The first-order chi connectivity index (χ1) is 10.6. The van der Waals surface area contributed by atoms with Crippen molar-refractivity contribution in [1.29, 1.82) is 0 Å². The minimum absolute atomic E-state index is 0.132. The Hall–Kier alpha value is -1.46. The summed E-state index contributed by atoms with van der Waals surface area (Å²) in [5.74, 6) is 0.282. The average molecular weight is 326 g/mol. The Morgan fingerprint density at radius 1 is 1.45 bits per heavy atom. The molecule has 1 aliphatic rings. The summed E-state index contributed by atoms with van der Waals surface area (Å²) >= 11 is 5.90. The van der Waals surface area contributed by atoms with E-state index in [9.17, 15) is 4.79 Å². The highest BCUT2D eigenvalue weighted by molar-refractivity contribution is 6.30. The molecule has 122 valence electrons. The standard InChI is InChI=1S/C16H24ClN3O2/c1-12(7-9-21)10-18-16(22)19-14-6-8-20(11-14)15-4-2-13(17)3-5-15/h2-5,12,14,21H,6-11H2,1H3,(H2,18,19,22). The number of aliphatic hydroxyl groups excluding tert-OH is 1. The van der Waals surface area contributed by atoms with Crippen molar-refractivity contribution >= 4 is 23.3 Å². The lowest BCUT2D eigenvalue weighted by atomic mass is 10.1. The van der Waals surface area contributed by atoms with E-state index in [2.05, 4.69) is 15.5 Å². The van der Waals surface area contributed by atoms with E-state index >= 15 is 0 Å². The molecule has 5 nitrogen and oxygen atoms in total. The molecule has 3 N–H and O–H groups in total. The van der Waals surface area contributed by atoms with Crippen LogP contribution in [0.3, 0.4) is 0 Å². The highest BCUT2D eigenvalue weighted by Gasteiger charge is 2.24. The maximum absolute atomic E-state index is 11.9. The number of nitrogens with zero attached hydrogens (tertiary/aromatic N) is 1. The topological polar surface area (TPSA) is 64.6 Å². The molecule has 0 radical (unpaired) electrons. The van der Waals surface area contributed by atoms with Crippen LogP contribution in [-0.4, -0.2) is 43.4 Å². The summed E-state index contributed by atoms with van der Waals surface area (Å²) < 4.78 is 0. The van der Waals surface area contributed by atoms with Crippen molar-refractivity contribution < 1.29 is 9.90 Å². The summed E-state index contributed by atoms with van der Waals surface area (Å²) in [5, 5.41) is 15.4. The van der Waals surface area contributed by atoms with Crippen LogP contribution in [0.2, 0.25) is 5.02 Å². The van der Waals surface area contributed by atoms with Crippen LogP contribution in [0, 0.1) is 5.92 Å². The lowest BCUT2D eigenvalue weighted by Crippen LogP contribution is -2.44. The number of aliphatic hydroxyl groups is 1. The van der Waals surface area contributed by atoms with E-state index < -0.39 is 0 Å². The highest BCUT2D eigenvalue weighted by Crippen LogP contribution is 2.22. The Morgan fingerprint density at radius 2 is 2.18 bits per heavy atom. The molecule has 1 fully saturated rings. The Morgan fingerprint density at radius 3 is 2.86 bits per heavy atom. The van der Waals surface area contributed by atoms with Gasteiger partial charge in [-0.25, -0.2) is 4.79 Å². The predicted molar refractivity (Wildman–Crippen MR) is 89.5 cm³/mol. The second-order valence-corrected chi connectivity index (χ2v) is 6.32. The first kappa shape index (κ1) is 16.9. The highest BCUT2D eigenvalue weighted by atomic mass is 35.5. The maximum Gasteiger partial charge on any atom is 0.315 e. The van der Waals surface area contributed by atoms with Crippen LogP contribution in [0.1, 0.15) is 19.8 Å². The lowest BCUT2D eigenvalue weighted by molar-refractivity contribution is 0.231. The molecular formula is C16H24ClN3O2. The van der Waals surface area contributed by atoms with Gasteiger partial charge in [0.1, 0.15) is 0 Å². The van der Waals surface area contributed by atoms with Gasteiger partial charge in [-0.2, -0.15) is 0 Å². The quantitative estimate of drug-likeness (QED) is 0.751. The number of carbonyl (C=O) groups is 1. The summed E-state index contributed by atoms with van der Waals surface area (Å²) in [6, 6.07) is 7.79. The molecule has 2 rings (SSSR count). The summed E-state index contributed by atoms with van der Waals surface area (Å²) in [6.45, 7) is 4.48. The molecule has 0 aromatic heterocycles. The van der Waals surface area contributed by atoms with E-state index in [1.165, 1.54) is 0 Å². The van der Waals surface area contributed by atoms with E-state index in [0.29, 0.717) is 13.0 Å². The van der Waals surface area contributed by atoms with Crippen LogP contribution in [0.4, 0.5) is 10.5 Å². The Balaban J connectivity index is 1.74. The third-order valence-corrected chi connectivity index (χ3v) is 4.20. The van der Waals surface area contributed by atoms with Gasteiger partial charge in [0, 0.05) is 43.0 Å². The fourth-order valence-electron chi connectivity index (χ4n) is 2.59. The normalized spacial score (nSPS) is 19.0. The SMILES string of the molecule is CC(CCO)CNC(=O)NC1CCN(c2ccc(Cl)cc2)C1. The van der Waals surface area contributed by atoms with Crippen LogP contribution < -0.4 is 15.5 Å². The van der Waals surface area contributed by atoms with Gasteiger partial charge in [-0.15, -0.1) is 0 Å². The Kier molecular flexibility index (Phi) is 6.34. The van der Waals surface area contributed by atoms with Gasteiger partial charge in [0.2, 0.25) is 0 Å². The Bertz CT molecular complexity index is 481. The van der Waals surface area contributed by atoms with Crippen molar-refractivity contribution in [3.63, 3.8) is 0 Å². The number of amides is 2. The van der Waals surface area contributed by atoms with Crippen LogP contribution >= 0.6 is 11.6 Å². The first-order valence-corrected chi connectivity index (χ1v) is 8.12. The third kappa shape index (κ3) is 5.07. The predicted octanol–water partition coefficient (Wildman–Crippen LogP) is 2.24. The molecule has 1 aromatic rings. The zero-order chi connectivity index (χ0) is 15.9. The van der Waals surface area contributed by atoms with Gasteiger partial charge in [0.15, 0.2) is 0 Å². The third-order valence-electron chi connectivity index (χ3n) is 3.95. The summed E-state index contributed by atoms with van der Waals surface area (Å²) in [4.78, 5) is 14.1. The van der Waals surface area contributed by atoms with Gasteiger partial charge in [0.25, 0.3) is 0 Å². The van der Waals surface area contributed by atoms with Crippen molar-refractivity contribution in [2.45, 2.75) is 25.8 Å². The monoisotopic (exact) mass is 325 g/mol. The maximum atomic E-state index is 11.9. The molecule has 22 heavy (non-hydrogen) atoms. The smallest absolute Gasteiger partial charge is 0.315 e. The minimum Gasteiger partial charge on any atom is -0.396 e. The molecule has 0 saturated carbocycles. The van der Waals surface area contributed by atoms with Crippen LogP contribution in [-0.2, 0) is 0 Å². The van der Waals surface area contributed by atoms with Crippen molar-refractivity contribution in [2.24, 2.45) is 5.92 Å². The number of anilines is 1. The number of urea groups is 1. The van der Waals surface area contributed by atoms with Crippen LogP contribution in [0.15, 0.2) is 24.3 Å². The molecular weight excluding hydrogens is 302 g/mol. The van der Waals surface area contributed by atoms with Gasteiger partial charge >= 0.3 is 6.03 Å². The van der Waals surface area contributed by atoms with E-state index in [1.54, 1.807) is 0 Å². The van der Waals surface area contributed by atoms with Gasteiger partial charge in [-0.1, -0.05) is 18.5 Å². The van der Waals surface area contributed by atoms with Crippen molar-refractivity contribution in [2.75, 3.05) is 31.1 Å². The number of halogens is 1. The molecule has 1 saturated heterocycles. The molecule has 0 spiro atoms. The number of nitrogens with one attached hydrogen (secondary N) is 2. The molecule has 1 aromatic carbocycles. The fraction of sp³-hybridized carbons (Fsp3) is 0.562. The molecule has 2 atom stereocenters. The number of rotatable bonds is 6. The van der Waals surface area contributed by atoms with Gasteiger partial charge < -0.3 is 20.6 Å². The van der Waals surface area contributed by atoms with E-state index in [-0.39, 0.29) is 24.6 Å². The van der Waals surface area contributed by atoms with E-state index in [1.807, 2.05) is 31.2 Å². The number of hydrogen-bond acceptors (Lipinski definition) is 3. The molecule has 2 amide bonds. The number of benzene rings is 1. The Labute approximate surface area is 136 Å². The molecule has 1 aliphatic heterocycles. The first-order valence-electron chi connectivity index (χ1n) is 7.74. The van der Waals surface area contributed by atoms with Gasteiger partial charge in [0.05, 0.1) is 0 Å². The number of carbonyl (C=O) groups excluding carboxylic acids is 1. The molecule has 0 bridgehead atoms.